The lowest BCUT2D eigenvalue weighted by Crippen LogP contribution is -2.35. The second-order valence-electron chi connectivity index (χ2n) is 6.69. The van der Waals surface area contributed by atoms with E-state index in [1.165, 1.54) is 0 Å². The number of rotatable bonds is 6. The van der Waals surface area contributed by atoms with Gasteiger partial charge in [0, 0.05) is 24.1 Å². The van der Waals surface area contributed by atoms with Crippen LogP contribution in [0.3, 0.4) is 0 Å². The number of carbonyl (C=O) groups excluding carboxylic acids is 1. The summed E-state index contributed by atoms with van der Waals surface area (Å²) in [6.07, 6.45) is 3.24. The van der Waals surface area contributed by atoms with Crippen molar-refractivity contribution < 1.29 is 13.2 Å². The summed E-state index contributed by atoms with van der Waals surface area (Å²) in [5, 5.41) is 2.87. The van der Waals surface area contributed by atoms with Crippen molar-refractivity contribution in [1.29, 1.82) is 0 Å². The van der Waals surface area contributed by atoms with Gasteiger partial charge in [-0.05, 0) is 48.2 Å². The topological polar surface area (TPSA) is 66.5 Å². The second-order valence-corrected chi connectivity index (χ2v) is 9.54. The lowest BCUT2D eigenvalue weighted by atomic mass is 10.1. The molecule has 1 fully saturated rings. The van der Waals surface area contributed by atoms with E-state index >= 15 is 0 Å². The molecule has 5 nitrogen and oxygen atoms in total. The largest absolute Gasteiger partial charge is 0.352 e. The van der Waals surface area contributed by atoms with Crippen LogP contribution in [0.15, 0.2) is 57.9 Å². The molecule has 0 radical (unpaired) electrons. The highest BCUT2D eigenvalue weighted by atomic mass is 79.9. The number of amides is 1. The maximum atomic E-state index is 12.6. The number of hydrogen-bond donors (Lipinski definition) is 1. The third kappa shape index (κ3) is 5.40. The molecule has 1 amide bonds. The molecule has 27 heavy (non-hydrogen) atoms. The first-order valence-electron chi connectivity index (χ1n) is 9.05. The van der Waals surface area contributed by atoms with Crippen LogP contribution < -0.4 is 5.32 Å². The monoisotopic (exact) mass is 450 g/mol. The number of sulfonamides is 1. The van der Waals surface area contributed by atoms with Crippen molar-refractivity contribution in [2.75, 3.05) is 13.1 Å². The van der Waals surface area contributed by atoms with Crippen LogP contribution >= 0.6 is 15.9 Å². The van der Waals surface area contributed by atoms with Gasteiger partial charge in [-0.25, -0.2) is 8.42 Å². The van der Waals surface area contributed by atoms with Crippen LogP contribution in [0.2, 0.25) is 0 Å². The van der Waals surface area contributed by atoms with E-state index in [-0.39, 0.29) is 5.91 Å². The fraction of sp³-hybridized carbons (Fsp3) is 0.350. The van der Waals surface area contributed by atoms with Crippen LogP contribution in [0.25, 0.3) is 0 Å². The summed E-state index contributed by atoms with van der Waals surface area (Å²) >= 11 is 3.37. The molecule has 1 aliphatic heterocycles. The molecule has 144 valence electrons. The van der Waals surface area contributed by atoms with E-state index in [1.807, 2.05) is 24.3 Å². The molecule has 0 aliphatic carbocycles. The number of carbonyl (C=O) groups is 1. The van der Waals surface area contributed by atoms with Crippen molar-refractivity contribution in [1.82, 2.24) is 9.62 Å². The summed E-state index contributed by atoms with van der Waals surface area (Å²) in [6, 6.07) is 14.4. The average Bonchev–Trinajstić information content (AvgIpc) is 2.69. The van der Waals surface area contributed by atoms with Gasteiger partial charge in [0.05, 0.1) is 11.3 Å². The van der Waals surface area contributed by atoms with E-state index in [4.69, 9.17) is 0 Å². The first-order chi connectivity index (χ1) is 12.9. The van der Waals surface area contributed by atoms with Gasteiger partial charge in [-0.15, -0.1) is 0 Å². The SMILES string of the molecule is O=C(Cc1ccc(Br)cc1)NCc1ccc(S(=O)(=O)N2CCCCC2)cc1. The summed E-state index contributed by atoms with van der Waals surface area (Å²) in [5.74, 6) is -0.0673. The summed E-state index contributed by atoms with van der Waals surface area (Å²) in [7, 11) is -3.41. The van der Waals surface area contributed by atoms with Crippen molar-refractivity contribution in [3.05, 3.63) is 64.1 Å². The van der Waals surface area contributed by atoms with Crippen LogP contribution in [-0.4, -0.2) is 31.7 Å². The molecule has 1 N–H and O–H groups in total. The number of hydrogen-bond acceptors (Lipinski definition) is 3. The summed E-state index contributed by atoms with van der Waals surface area (Å²) < 4.78 is 27.8. The third-order valence-electron chi connectivity index (χ3n) is 4.64. The molecule has 2 aromatic carbocycles. The molecule has 1 heterocycles. The Morgan fingerprint density at radius 1 is 0.926 bits per heavy atom. The smallest absolute Gasteiger partial charge is 0.243 e. The van der Waals surface area contributed by atoms with Crippen LogP contribution in [0.4, 0.5) is 0 Å². The highest BCUT2D eigenvalue weighted by Crippen LogP contribution is 2.20. The van der Waals surface area contributed by atoms with Crippen molar-refractivity contribution >= 4 is 31.9 Å². The third-order valence-corrected chi connectivity index (χ3v) is 7.09. The van der Waals surface area contributed by atoms with E-state index in [0.29, 0.717) is 31.0 Å². The van der Waals surface area contributed by atoms with Gasteiger partial charge in [-0.3, -0.25) is 4.79 Å². The van der Waals surface area contributed by atoms with Gasteiger partial charge in [0.1, 0.15) is 0 Å². The number of nitrogens with zero attached hydrogens (tertiary/aromatic N) is 1. The van der Waals surface area contributed by atoms with E-state index in [1.54, 1.807) is 28.6 Å². The quantitative estimate of drug-likeness (QED) is 0.732. The van der Waals surface area contributed by atoms with E-state index in [9.17, 15) is 13.2 Å². The second kappa shape index (κ2) is 8.99. The Morgan fingerprint density at radius 2 is 1.52 bits per heavy atom. The number of halogens is 1. The molecule has 0 atom stereocenters. The zero-order valence-electron chi connectivity index (χ0n) is 15.0. The summed E-state index contributed by atoms with van der Waals surface area (Å²) in [6.45, 7) is 1.56. The van der Waals surface area contributed by atoms with Crippen molar-refractivity contribution in [2.45, 2.75) is 37.1 Å². The van der Waals surface area contributed by atoms with Gasteiger partial charge < -0.3 is 5.32 Å². The van der Waals surface area contributed by atoms with Crippen molar-refractivity contribution in [3.8, 4) is 0 Å². The maximum Gasteiger partial charge on any atom is 0.243 e. The molecule has 0 aromatic heterocycles. The summed E-state index contributed by atoms with van der Waals surface area (Å²) in [5.41, 5.74) is 1.82. The van der Waals surface area contributed by atoms with Gasteiger partial charge in [-0.1, -0.05) is 46.6 Å². The van der Waals surface area contributed by atoms with Crippen LogP contribution in [-0.2, 0) is 27.8 Å². The molecule has 0 bridgehead atoms. The average molecular weight is 451 g/mol. The molecule has 3 rings (SSSR count). The van der Waals surface area contributed by atoms with Gasteiger partial charge in [-0.2, -0.15) is 4.31 Å². The minimum Gasteiger partial charge on any atom is -0.352 e. The van der Waals surface area contributed by atoms with E-state index < -0.39 is 10.0 Å². The predicted octanol–water partition coefficient (Wildman–Crippen LogP) is 3.48. The fourth-order valence-corrected chi connectivity index (χ4v) is 4.87. The predicted molar refractivity (Wildman–Crippen MR) is 109 cm³/mol. The maximum absolute atomic E-state index is 12.6. The Balaban J connectivity index is 1.55. The Bertz CT molecular complexity index is 874. The van der Waals surface area contributed by atoms with E-state index in [0.717, 1.165) is 34.9 Å². The Hall–Kier alpha value is -1.70. The first kappa shape index (κ1) is 20.0. The number of benzene rings is 2. The molecule has 1 saturated heterocycles. The van der Waals surface area contributed by atoms with Gasteiger partial charge >= 0.3 is 0 Å². The standard InChI is InChI=1S/C20H23BrN2O3S/c21-18-8-4-16(5-9-18)14-20(24)22-15-17-6-10-19(11-7-17)27(25,26)23-12-2-1-3-13-23/h4-11H,1-3,12-15H2,(H,22,24). The lowest BCUT2D eigenvalue weighted by Gasteiger charge is -2.25. The first-order valence-corrected chi connectivity index (χ1v) is 11.3. The molecule has 1 aliphatic rings. The van der Waals surface area contributed by atoms with Crippen LogP contribution in [0.1, 0.15) is 30.4 Å². The molecular formula is C20H23BrN2O3S. The Kier molecular flexibility index (Phi) is 6.68. The van der Waals surface area contributed by atoms with E-state index in [2.05, 4.69) is 21.2 Å². The minimum atomic E-state index is -3.41. The Morgan fingerprint density at radius 3 is 2.15 bits per heavy atom. The number of piperidine rings is 1. The molecule has 0 saturated carbocycles. The van der Waals surface area contributed by atoms with Gasteiger partial charge in [0.2, 0.25) is 15.9 Å². The molecule has 0 unspecified atom stereocenters. The van der Waals surface area contributed by atoms with Crippen LogP contribution in [0.5, 0.6) is 0 Å². The normalized spacial score (nSPS) is 15.4. The number of nitrogens with one attached hydrogen (secondary N) is 1. The summed E-state index contributed by atoms with van der Waals surface area (Å²) in [4.78, 5) is 12.4. The zero-order chi connectivity index (χ0) is 19.3. The Labute approximate surface area is 169 Å². The molecule has 0 spiro atoms. The lowest BCUT2D eigenvalue weighted by molar-refractivity contribution is -0.120. The van der Waals surface area contributed by atoms with Crippen molar-refractivity contribution in [3.63, 3.8) is 0 Å². The highest BCUT2D eigenvalue weighted by molar-refractivity contribution is 9.10. The molecular weight excluding hydrogens is 428 g/mol. The minimum absolute atomic E-state index is 0.0673. The zero-order valence-corrected chi connectivity index (χ0v) is 17.4. The van der Waals surface area contributed by atoms with Crippen LogP contribution in [0, 0.1) is 0 Å². The van der Waals surface area contributed by atoms with Crippen molar-refractivity contribution in [2.24, 2.45) is 0 Å². The fourth-order valence-electron chi connectivity index (χ4n) is 3.08. The highest BCUT2D eigenvalue weighted by Gasteiger charge is 2.25. The van der Waals surface area contributed by atoms with Gasteiger partial charge in [0.15, 0.2) is 0 Å². The molecule has 2 aromatic rings. The molecule has 7 heteroatoms. The van der Waals surface area contributed by atoms with Gasteiger partial charge in [0.25, 0.3) is 0 Å².